The van der Waals surface area contributed by atoms with Crippen molar-refractivity contribution in [3.63, 3.8) is 0 Å². The summed E-state index contributed by atoms with van der Waals surface area (Å²) in [5.74, 6) is -0.651. The van der Waals surface area contributed by atoms with Crippen LogP contribution >= 0.6 is 0 Å². The first-order chi connectivity index (χ1) is 12.1. The molecule has 124 valence electrons. The van der Waals surface area contributed by atoms with E-state index in [2.05, 4.69) is 15.6 Å². The first kappa shape index (κ1) is 16.4. The Labute approximate surface area is 145 Å². The highest BCUT2D eigenvalue weighted by atomic mass is 16.2. The smallest absolute Gasteiger partial charge is 0.274 e. The number of aryl methyl sites for hydroxylation is 1. The molecule has 5 heteroatoms. The van der Waals surface area contributed by atoms with Crippen molar-refractivity contribution in [1.82, 2.24) is 4.98 Å². The summed E-state index contributed by atoms with van der Waals surface area (Å²) < 4.78 is 0. The van der Waals surface area contributed by atoms with Gasteiger partial charge in [0.1, 0.15) is 5.69 Å². The average Bonchev–Trinajstić information content (AvgIpc) is 2.64. The lowest BCUT2D eigenvalue weighted by Gasteiger charge is -2.09. The van der Waals surface area contributed by atoms with Gasteiger partial charge in [0.25, 0.3) is 11.8 Å². The summed E-state index contributed by atoms with van der Waals surface area (Å²) in [6, 6.07) is 19.7. The number of carbonyl (C=O) groups is 2. The lowest BCUT2D eigenvalue weighted by molar-refractivity contribution is 0.102. The Morgan fingerprint density at radius 1 is 0.840 bits per heavy atom. The molecule has 0 aliphatic carbocycles. The number of hydrogen-bond acceptors (Lipinski definition) is 3. The summed E-state index contributed by atoms with van der Waals surface area (Å²) in [6.07, 6.45) is 1.45. The van der Waals surface area contributed by atoms with Crippen LogP contribution in [0.5, 0.6) is 0 Å². The van der Waals surface area contributed by atoms with Gasteiger partial charge < -0.3 is 10.6 Å². The Morgan fingerprint density at radius 3 is 2.32 bits per heavy atom. The van der Waals surface area contributed by atoms with E-state index < -0.39 is 0 Å². The molecule has 0 aliphatic heterocycles. The molecule has 0 saturated carbocycles. The van der Waals surface area contributed by atoms with Crippen LogP contribution in [0.4, 0.5) is 11.4 Å². The zero-order valence-corrected chi connectivity index (χ0v) is 13.7. The van der Waals surface area contributed by atoms with Gasteiger partial charge in [0.2, 0.25) is 0 Å². The molecule has 2 amide bonds. The summed E-state index contributed by atoms with van der Waals surface area (Å²) in [4.78, 5) is 28.8. The monoisotopic (exact) mass is 331 g/mol. The van der Waals surface area contributed by atoms with Crippen LogP contribution < -0.4 is 10.6 Å². The second-order valence-corrected chi connectivity index (χ2v) is 5.52. The topological polar surface area (TPSA) is 71.1 Å². The normalized spacial score (nSPS) is 10.1. The molecule has 1 heterocycles. The van der Waals surface area contributed by atoms with Crippen molar-refractivity contribution in [2.45, 2.75) is 6.92 Å². The van der Waals surface area contributed by atoms with Crippen molar-refractivity contribution in [2.24, 2.45) is 0 Å². The van der Waals surface area contributed by atoms with Crippen LogP contribution in [-0.4, -0.2) is 16.8 Å². The number of amides is 2. The number of para-hydroxylation sites is 2. The van der Waals surface area contributed by atoms with Crippen molar-refractivity contribution >= 4 is 23.2 Å². The molecular formula is C20H17N3O2. The Balaban J connectivity index is 1.76. The summed E-state index contributed by atoms with van der Waals surface area (Å²) in [7, 11) is 0. The van der Waals surface area contributed by atoms with E-state index in [1.807, 2.05) is 49.4 Å². The van der Waals surface area contributed by atoms with E-state index in [4.69, 9.17) is 0 Å². The molecular weight excluding hydrogens is 314 g/mol. The van der Waals surface area contributed by atoms with E-state index in [1.165, 1.54) is 12.3 Å². The van der Waals surface area contributed by atoms with Gasteiger partial charge in [-0.2, -0.15) is 0 Å². The molecule has 0 atom stereocenters. The minimum atomic E-state index is -0.358. The Morgan fingerprint density at radius 2 is 1.56 bits per heavy atom. The minimum absolute atomic E-state index is 0.184. The first-order valence-electron chi connectivity index (χ1n) is 7.83. The van der Waals surface area contributed by atoms with Gasteiger partial charge in [-0.05, 0) is 42.8 Å². The van der Waals surface area contributed by atoms with E-state index in [9.17, 15) is 9.59 Å². The molecule has 0 spiro atoms. The molecule has 0 aliphatic rings. The molecule has 0 fully saturated rings. The van der Waals surface area contributed by atoms with Crippen LogP contribution in [0.1, 0.15) is 26.4 Å². The van der Waals surface area contributed by atoms with Crippen molar-refractivity contribution in [3.8, 4) is 0 Å². The zero-order valence-electron chi connectivity index (χ0n) is 13.7. The number of carbonyl (C=O) groups excluding carboxylic acids is 2. The van der Waals surface area contributed by atoms with Crippen molar-refractivity contribution < 1.29 is 9.59 Å². The van der Waals surface area contributed by atoms with Crippen LogP contribution in [0.15, 0.2) is 72.9 Å². The summed E-state index contributed by atoms with van der Waals surface area (Å²) in [5.41, 5.74) is 2.91. The third kappa shape index (κ3) is 4.09. The number of rotatable bonds is 4. The molecule has 25 heavy (non-hydrogen) atoms. The van der Waals surface area contributed by atoms with Crippen LogP contribution in [0.25, 0.3) is 0 Å². The number of nitrogens with zero attached hydrogens (tertiary/aromatic N) is 1. The van der Waals surface area contributed by atoms with Gasteiger partial charge in [0.05, 0.1) is 0 Å². The predicted octanol–water partition coefficient (Wildman–Crippen LogP) is 3.89. The highest BCUT2D eigenvalue weighted by Crippen LogP contribution is 2.15. The lowest BCUT2D eigenvalue weighted by Crippen LogP contribution is -2.17. The van der Waals surface area contributed by atoms with Gasteiger partial charge in [-0.3, -0.25) is 14.6 Å². The fourth-order valence-corrected chi connectivity index (χ4v) is 2.32. The summed E-state index contributed by atoms with van der Waals surface area (Å²) in [6.45, 7) is 1.91. The van der Waals surface area contributed by atoms with E-state index in [0.717, 1.165) is 5.56 Å². The van der Waals surface area contributed by atoms with E-state index >= 15 is 0 Å². The van der Waals surface area contributed by atoms with Crippen LogP contribution in [-0.2, 0) is 0 Å². The molecule has 5 nitrogen and oxygen atoms in total. The molecule has 0 bridgehead atoms. The minimum Gasteiger partial charge on any atom is -0.322 e. The van der Waals surface area contributed by atoms with E-state index in [0.29, 0.717) is 16.9 Å². The summed E-state index contributed by atoms with van der Waals surface area (Å²) >= 11 is 0. The number of benzene rings is 2. The molecule has 3 rings (SSSR count). The zero-order chi connectivity index (χ0) is 17.6. The number of anilines is 2. The number of nitrogens with one attached hydrogen (secondary N) is 2. The Kier molecular flexibility index (Phi) is 4.85. The largest absolute Gasteiger partial charge is 0.322 e. The van der Waals surface area contributed by atoms with Gasteiger partial charge in [-0.1, -0.05) is 36.4 Å². The molecule has 0 unspecified atom stereocenters. The number of hydrogen-bond donors (Lipinski definition) is 2. The van der Waals surface area contributed by atoms with Gasteiger partial charge >= 0.3 is 0 Å². The van der Waals surface area contributed by atoms with Gasteiger partial charge in [-0.25, -0.2) is 0 Å². The fraction of sp³-hybridized carbons (Fsp3) is 0.0500. The van der Waals surface area contributed by atoms with Gasteiger partial charge in [-0.15, -0.1) is 0 Å². The average molecular weight is 331 g/mol. The quantitative estimate of drug-likeness (QED) is 0.762. The number of aromatic nitrogens is 1. The molecule has 3 aromatic rings. The third-order valence-electron chi connectivity index (χ3n) is 3.68. The first-order valence-corrected chi connectivity index (χ1v) is 7.83. The van der Waals surface area contributed by atoms with Crippen molar-refractivity contribution in [1.29, 1.82) is 0 Å². The third-order valence-corrected chi connectivity index (χ3v) is 3.68. The van der Waals surface area contributed by atoms with Crippen LogP contribution in [0.2, 0.25) is 0 Å². The van der Waals surface area contributed by atoms with Crippen LogP contribution in [0, 0.1) is 6.92 Å². The van der Waals surface area contributed by atoms with E-state index in [-0.39, 0.29) is 17.5 Å². The second-order valence-electron chi connectivity index (χ2n) is 5.52. The Bertz CT molecular complexity index is 908. The van der Waals surface area contributed by atoms with Crippen molar-refractivity contribution in [2.75, 3.05) is 10.6 Å². The highest BCUT2D eigenvalue weighted by Gasteiger charge is 2.13. The van der Waals surface area contributed by atoms with E-state index in [1.54, 1.807) is 18.2 Å². The lowest BCUT2D eigenvalue weighted by atomic mass is 10.1. The maximum atomic E-state index is 12.4. The van der Waals surface area contributed by atoms with Crippen LogP contribution in [0.3, 0.4) is 0 Å². The molecule has 1 aromatic heterocycles. The fourth-order valence-electron chi connectivity index (χ4n) is 2.32. The van der Waals surface area contributed by atoms with Crippen molar-refractivity contribution in [3.05, 3.63) is 89.7 Å². The standard InChI is InChI=1S/C20H17N3O2/c1-14-7-5-6-10-17(14)23-20(25)18-13-15(11-12-21-18)19(24)22-16-8-3-2-4-9-16/h2-13H,1H3,(H,22,24)(H,23,25). The molecule has 0 radical (unpaired) electrons. The van der Waals surface area contributed by atoms with Gasteiger partial charge in [0, 0.05) is 23.1 Å². The molecule has 0 saturated heterocycles. The molecule has 2 aromatic carbocycles. The second kappa shape index (κ2) is 7.40. The Hall–Kier alpha value is -3.47. The maximum absolute atomic E-state index is 12.4. The molecule has 2 N–H and O–H groups in total. The maximum Gasteiger partial charge on any atom is 0.274 e. The predicted molar refractivity (Wildman–Crippen MR) is 97.8 cm³/mol. The SMILES string of the molecule is Cc1ccccc1NC(=O)c1cc(C(=O)Nc2ccccc2)ccn1. The summed E-state index contributed by atoms with van der Waals surface area (Å²) in [5, 5.41) is 5.59. The van der Waals surface area contributed by atoms with Gasteiger partial charge in [0.15, 0.2) is 0 Å². The number of pyridine rings is 1. The highest BCUT2D eigenvalue weighted by molar-refractivity contribution is 6.08.